The number of nitrogens with one attached hydrogen (secondary N) is 1. The van der Waals surface area contributed by atoms with Gasteiger partial charge in [0.05, 0.1) is 32.7 Å². The van der Waals surface area contributed by atoms with E-state index in [1.54, 1.807) is 32.5 Å². The molecule has 1 aromatic heterocycles. The van der Waals surface area contributed by atoms with Crippen LogP contribution in [0.15, 0.2) is 72.9 Å². The quantitative estimate of drug-likeness (QED) is 0.337. The zero-order valence-electron chi connectivity index (χ0n) is 17.7. The Labute approximate surface area is 193 Å². The average molecular weight is 448 g/mol. The van der Waals surface area contributed by atoms with E-state index in [2.05, 4.69) is 14.8 Å². The van der Waals surface area contributed by atoms with Gasteiger partial charge >= 0.3 is 0 Å². The number of benzene rings is 3. The Hall–Kier alpha value is -3.95. The molecule has 1 heterocycles. The number of hydrogen-bond donors (Lipinski definition) is 1. The van der Waals surface area contributed by atoms with Crippen molar-refractivity contribution in [1.82, 2.24) is 9.97 Å². The van der Waals surface area contributed by atoms with E-state index in [4.69, 9.17) is 20.8 Å². The highest BCUT2D eigenvalue weighted by molar-refractivity contribution is 5.85. The molecular weight excluding hydrogens is 426 g/mol. The summed E-state index contributed by atoms with van der Waals surface area (Å²) in [6.07, 6.45) is 1.79. The van der Waals surface area contributed by atoms with Gasteiger partial charge in [0, 0.05) is 17.2 Å². The molecule has 0 atom stereocenters. The zero-order valence-corrected chi connectivity index (χ0v) is 18.5. The Kier molecular flexibility index (Phi) is 7.37. The molecule has 0 spiro atoms. The van der Waals surface area contributed by atoms with Crippen molar-refractivity contribution in [3.8, 4) is 39.9 Å². The standard InChI is InChI=1S/C25H21N3O3.ClH/c1-26-19-8-4-17(5-9-19)16-31-21-12-13-22(24(14-21)30-3)23-15-27-25(28-23)18-6-10-20(29-2)11-7-18;/h4-15H,16H2,2-3H3,(H,27,28);1H. The lowest BCUT2D eigenvalue weighted by Crippen LogP contribution is -1.96. The van der Waals surface area contributed by atoms with Crippen molar-refractivity contribution >= 4 is 18.1 Å². The topological polar surface area (TPSA) is 60.7 Å². The van der Waals surface area contributed by atoms with Crippen LogP contribution in [-0.4, -0.2) is 24.2 Å². The fourth-order valence-corrected chi connectivity index (χ4v) is 3.17. The Morgan fingerprint density at radius 3 is 2.28 bits per heavy atom. The minimum absolute atomic E-state index is 0. The van der Waals surface area contributed by atoms with E-state index in [1.165, 1.54) is 0 Å². The van der Waals surface area contributed by atoms with E-state index in [0.29, 0.717) is 23.8 Å². The average Bonchev–Trinajstić information content (AvgIpc) is 3.33. The Morgan fingerprint density at radius 2 is 1.62 bits per heavy atom. The highest BCUT2D eigenvalue weighted by atomic mass is 35.5. The Bertz CT molecular complexity index is 1210. The largest absolute Gasteiger partial charge is 0.497 e. The van der Waals surface area contributed by atoms with Gasteiger partial charge in [-0.1, -0.05) is 24.3 Å². The highest BCUT2D eigenvalue weighted by Gasteiger charge is 2.12. The third kappa shape index (κ3) is 5.02. The number of nitrogens with zero attached hydrogens (tertiary/aromatic N) is 2. The summed E-state index contributed by atoms with van der Waals surface area (Å²) in [7, 11) is 3.28. The van der Waals surface area contributed by atoms with Crippen LogP contribution in [0, 0.1) is 6.57 Å². The van der Waals surface area contributed by atoms with Gasteiger partial charge in [-0.15, -0.1) is 12.4 Å². The van der Waals surface area contributed by atoms with Crippen molar-refractivity contribution in [2.45, 2.75) is 6.61 Å². The number of imidazole rings is 1. The van der Waals surface area contributed by atoms with Crippen LogP contribution >= 0.6 is 12.4 Å². The number of halogens is 1. The molecule has 0 fully saturated rings. The Morgan fingerprint density at radius 1 is 0.906 bits per heavy atom. The molecule has 4 aromatic rings. The second-order valence-corrected chi connectivity index (χ2v) is 6.80. The van der Waals surface area contributed by atoms with Gasteiger partial charge in [-0.25, -0.2) is 9.83 Å². The predicted octanol–water partition coefficient (Wildman–Crippen LogP) is 6.31. The molecule has 3 aromatic carbocycles. The first-order chi connectivity index (χ1) is 15.2. The summed E-state index contributed by atoms with van der Waals surface area (Å²) >= 11 is 0. The first kappa shape index (κ1) is 22.7. The predicted molar refractivity (Wildman–Crippen MR) is 127 cm³/mol. The van der Waals surface area contributed by atoms with Gasteiger partial charge in [0.1, 0.15) is 29.7 Å². The lowest BCUT2D eigenvalue weighted by atomic mass is 10.1. The number of aromatic nitrogens is 2. The monoisotopic (exact) mass is 447 g/mol. The second-order valence-electron chi connectivity index (χ2n) is 6.80. The van der Waals surface area contributed by atoms with Gasteiger partial charge in [0.2, 0.25) is 0 Å². The summed E-state index contributed by atoms with van der Waals surface area (Å²) in [4.78, 5) is 11.3. The van der Waals surface area contributed by atoms with E-state index in [0.717, 1.165) is 34.0 Å². The van der Waals surface area contributed by atoms with Crippen LogP contribution in [0.1, 0.15) is 5.56 Å². The molecule has 1 N–H and O–H groups in total. The number of ether oxygens (including phenoxy) is 3. The molecule has 162 valence electrons. The van der Waals surface area contributed by atoms with Crippen molar-refractivity contribution in [2.24, 2.45) is 0 Å². The van der Waals surface area contributed by atoms with Crippen LogP contribution in [-0.2, 0) is 6.61 Å². The molecule has 0 unspecified atom stereocenters. The van der Waals surface area contributed by atoms with Crippen LogP contribution in [0.5, 0.6) is 17.2 Å². The lowest BCUT2D eigenvalue weighted by Gasteiger charge is -2.11. The molecule has 0 bridgehead atoms. The summed E-state index contributed by atoms with van der Waals surface area (Å²) in [5.41, 5.74) is 4.32. The number of rotatable bonds is 7. The van der Waals surface area contributed by atoms with E-state index in [1.807, 2.05) is 54.6 Å². The molecule has 32 heavy (non-hydrogen) atoms. The molecule has 0 amide bonds. The SMILES string of the molecule is Cl.[C-]#[N+]c1ccc(COc2ccc(-c3cnc(-c4ccc(OC)cc4)[nH]3)c(OC)c2)cc1. The molecule has 0 radical (unpaired) electrons. The minimum atomic E-state index is 0. The summed E-state index contributed by atoms with van der Waals surface area (Å²) in [5.74, 6) is 2.95. The fourth-order valence-electron chi connectivity index (χ4n) is 3.17. The van der Waals surface area contributed by atoms with E-state index >= 15 is 0 Å². The van der Waals surface area contributed by atoms with Crippen LogP contribution in [0.2, 0.25) is 0 Å². The number of hydrogen-bond acceptors (Lipinski definition) is 4. The summed E-state index contributed by atoms with van der Waals surface area (Å²) < 4.78 is 16.7. The molecule has 0 saturated carbocycles. The van der Waals surface area contributed by atoms with Crippen molar-refractivity contribution in [2.75, 3.05) is 14.2 Å². The maximum Gasteiger partial charge on any atom is 0.187 e. The number of aromatic amines is 1. The van der Waals surface area contributed by atoms with Crippen molar-refractivity contribution in [3.63, 3.8) is 0 Å². The highest BCUT2D eigenvalue weighted by Crippen LogP contribution is 2.34. The smallest absolute Gasteiger partial charge is 0.187 e. The minimum Gasteiger partial charge on any atom is -0.497 e. The molecule has 4 rings (SSSR count). The molecular formula is C25H22ClN3O3. The third-order valence-corrected chi connectivity index (χ3v) is 4.87. The van der Waals surface area contributed by atoms with Crippen molar-refractivity contribution in [3.05, 3.63) is 89.9 Å². The maximum atomic E-state index is 7.02. The zero-order chi connectivity index (χ0) is 21.6. The first-order valence-electron chi connectivity index (χ1n) is 9.67. The lowest BCUT2D eigenvalue weighted by molar-refractivity contribution is 0.304. The molecule has 0 aliphatic carbocycles. The molecule has 0 aliphatic rings. The van der Waals surface area contributed by atoms with Crippen LogP contribution in [0.3, 0.4) is 0 Å². The second kappa shape index (κ2) is 10.4. The Balaban J connectivity index is 0.00000289. The summed E-state index contributed by atoms with van der Waals surface area (Å²) in [6, 6.07) is 20.8. The van der Waals surface area contributed by atoms with Crippen molar-refractivity contribution in [1.29, 1.82) is 0 Å². The fraction of sp³-hybridized carbons (Fsp3) is 0.120. The van der Waals surface area contributed by atoms with Gasteiger partial charge in [-0.3, -0.25) is 0 Å². The van der Waals surface area contributed by atoms with E-state index in [-0.39, 0.29) is 12.4 Å². The summed E-state index contributed by atoms with van der Waals surface area (Å²) in [6.45, 7) is 7.43. The van der Waals surface area contributed by atoms with E-state index < -0.39 is 0 Å². The normalized spacial score (nSPS) is 10.0. The van der Waals surface area contributed by atoms with Crippen LogP contribution in [0.25, 0.3) is 27.5 Å². The molecule has 6 nitrogen and oxygen atoms in total. The van der Waals surface area contributed by atoms with Crippen LogP contribution < -0.4 is 14.2 Å². The van der Waals surface area contributed by atoms with Gasteiger partial charge in [0.25, 0.3) is 0 Å². The first-order valence-corrected chi connectivity index (χ1v) is 9.67. The van der Waals surface area contributed by atoms with Gasteiger partial charge < -0.3 is 19.2 Å². The molecule has 7 heteroatoms. The number of H-pyrrole nitrogens is 1. The van der Waals surface area contributed by atoms with Crippen LogP contribution in [0.4, 0.5) is 5.69 Å². The summed E-state index contributed by atoms with van der Waals surface area (Å²) in [5, 5.41) is 0. The molecule has 0 aliphatic heterocycles. The third-order valence-electron chi connectivity index (χ3n) is 4.87. The maximum absolute atomic E-state index is 7.02. The van der Waals surface area contributed by atoms with Gasteiger partial charge in [-0.2, -0.15) is 0 Å². The van der Waals surface area contributed by atoms with Crippen molar-refractivity contribution < 1.29 is 14.2 Å². The van der Waals surface area contributed by atoms with Gasteiger partial charge in [-0.05, 0) is 42.0 Å². The van der Waals surface area contributed by atoms with E-state index in [9.17, 15) is 0 Å². The van der Waals surface area contributed by atoms with Gasteiger partial charge in [0.15, 0.2) is 5.69 Å². The molecule has 0 saturated heterocycles. The number of methoxy groups -OCH3 is 2.